The summed E-state index contributed by atoms with van der Waals surface area (Å²) in [7, 11) is 0. The monoisotopic (exact) mass is 234 g/mol. The first-order valence-corrected chi connectivity index (χ1v) is 6.23. The van der Waals surface area contributed by atoms with Crippen LogP contribution in [0.3, 0.4) is 0 Å². The quantitative estimate of drug-likeness (QED) is 0.880. The van der Waals surface area contributed by atoms with Gasteiger partial charge in [0.1, 0.15) is 5.00 Å². The van der Waals surface area contributed by atoms with E-state index >= 15 is 0 Å². The van der Waals surface area contributed by atoms with Crippen molar-refractivity contribution in [1.82, 2.24) is 4.37 Å². The van der Waals surface area contributed by atoms with Crippen LogP contribution in [0.25, 0.3) is 10.9 Å². The minimum atomic E-state index is 0.0799. The molecule has 1 aromatic heterocycles. The highest BCUT2D eigenvalue weighted by molar-refractivity contribution is 7.12. The molecule has 1 amide bonds. The van der Waals surface area contributed by atoms with Gasteiger partial charge in [0.25, 0.3) is 0 Å². The van der Waals surface area contributed by atoms with Crippen LogP contribution in [0.2, 0.25) is 0 Å². The summed E-state index contributed by atoms with van der Waals surface area (Å²) in [6.45, 7) is 2.08. The van der Waals surface area contributed by atoms with Gasteiger partial charge in [-0.25, -0.2) is 0 Å². The molecule has 0 atom stereocenters. The summed E-state index contributed by atoms with van der Waals surface area (Å²) in [6, 6.07) is 7.84. The summed E-state index contributed by atoms with van der Waals surface area (Å²) in [5.74, 6) is 0.0799. The molecular weight excluding hydrogens is 220 g/mol. The van der Waals surface area contributed by atoms with Crippen LogP contribution in [0.4, 0.5) is 5.00 Å². The van der Waals surface area contributed by atoms with Crippen LogP contribution in [-0.4, -0.2) is 10.3 Å². The van der Waals surface area contributed by atoms with Crippen LogP contribution >= 0.6 is 11.5 Å². The molecule has 1 aromatic carbocycles. The van der Waals surface area contributed by atoms with Gasteiger partial charge in [0.2, 0.25) is 5.91 Å². The Morgan fingerprint density at radius 3 is 3.06 bits per heavy atom. The lowest BCUT2D eigenvalue weighted by Gasteiger charge is -2.01. The zero-order chi connectivity index (χ0) is 11.4. The van der Waals surface area contributed by atoms with E-state index in [-0.39, 0.29) is 5.91 Å². The van der Waals surface area contributed by atoms with E-state index in [9.17, 15) is 4.79 Å². The number of nitrogens with one attached hydrogen (secondary N) is 1. The van der Waals surface area contributed by atoms with Crippen molar-refractivity contribution in [2.24, 2.45) is 0 Å². The second-order valence-electron chi connectivity index (χ2n) is 3.68. The van der Waals surface area contributed by atoms with Gasteiger partial charge >= 0.3 is 0 Å². The Labute approximate surface area is 98.7 Å². The van der Waals surface area contributed by atoms with Gasteiger partial charge in [0.05, 0.1) is 5.52 Å². The van der Waals surface area contributed by atoms with Gasteiger partial charge in [-0.3, -0.25) is 4.79 Å². The van der Waals surface area contributed by atoms with Crippen LogP contribution in [-0.2, 0) is 4.79 Å². The molecule has 4 heteroatoms. The first kappa shape index (κ1) is 11.1. The predicted molar refractivity (Wildman–Crippen MR) is 67.8 cm³/mol. The average molecular weight is 234 g/mol. The maximum Gasteiger partial charge on any atom is 0.225 e. The highest BCUT2D eigenvalue weighted by Gasteiger charge is 2.08. The molecule has 0 fully saturated rings. The third-order valence-electron chi connectivity index (χ3n) is 2.39. The Balaban J connectivity index is 2.12. The molecule has 16 heavy (non-hydrogen) atoms. The summed E-state index contributed by atoms with van der Waals surface area (Å²) in [4.78, 5) is 11.6. The highest BCUT2D eigenvalue weighted by Crippen LogP contribution is 2.27. The summed E-state index contributed by atoms with van der Waals surface area (Å²) in [5, 5.41) is 4.80. The van der Waals surface area contributed by atoms with Gasteiger partial charge in [-0.1, -0.05) is 25.5 Å². The largest absolute Gasteiger partial charge is 0.316 e. The number of rotatable bonds is 4. The minimum absolute atomic E-state index is 0.0799. The molecule has 0 aliphatic carbocycles. The molecule has 0 saturated heterocycles. The predicted octanol–water partition coefficient (Wildman–Crippen LogP) is 3.43. The van der Waals surface area contributed by atoms with Crippen LogP contribution in [0.5, 0.6) is 0 Å². The zero-order valence-corrected chi connectivity index (χ0v) is 10.0. The van der Waals surface area contributed by atoms with Crippen LogP contribution in [0.15, 0.2) is 24.3 Å². The molecule has 2 rings (SSSR count). The summed E-state index contributed by atoms with van der Waals surface area (Å²) < 4.78 is 4.28. The van der Waals surface area contributed by atoms with Crippen molar-refractivity contribution in [2.45, 2.75) is 26.2 Å². The fourth-order valence-corrected chi connectivity index (χ4v) is 2.29. The van der Waals surface area contributed by atoms with E-state index in [2.05, 4.69) is 16.6 Å². The number of unbranched alkanes of at least 4 members (excludes halogenated alkanes) is 1. The standard InChI is InChI=1S/C12H14N2OS/c1-2-3-8-11(15)13-12-9-6-4-5-7-10(9)14-16-12/h4-7H,2-3,8H2,1H3,(H,13,15). The second-order valence-corrected chi connectivity index (χ2v) is 4.45. The molecule has 0 saturated carbocycles. The van der Waals surface area contributed by atoms with Crippen molar-refractivity contribution < 1.29 is 4.79 Å². The molecule has 0 spiro atoms. The maximum absolute atomic E-state index is 11.6. The first-order chi connectivity index (χ1) is 7.81. The summed E-state index contributed by atoms with van der Waals surface area (Å²) in [6.07, 6.45) is 2.56. The number of carbonyl (C=O) groups is 1. The SMILES string of the molecule is CCCCC(=O)Nc1snc2ccccc12. The van der Waals surface area contributed by atoms with Crippen molar-refractivity contribution in [3.8, 4) is 0 Å². The lowest BCUT2D eigenvalue weighted by atomic mass is 10.2. The highest BCUT2D eigenvalue weighted by atomic mass is 32.1. The fourth-order valence-electron chi connectivity index (χ4n) is 1.51. The number of aromatic nitrogens is 1. The number of hydrogen-bond donors (Lipinski definition) is 1. The number of hydrogen-bond acceptors (Lipinski definition) is 3. The van der Waals surface area contributed by atoms with Crippen molar-refractivity contribution in [3.63, 3.8) is 0 Å². The average Bonchev–Trinajstić information content (AvgIpc) is 2.70. The third kappa shape index (κ3) is 2.39. The van der Waals surface area contributed by atoms with Gasteiger partial charge in [0, 0.05) is 11.8 Å². The van der Waals surface area contributed by atoms with E-state index in [1.165, 1.54) is 11.5 Å². The van der Waals surface area contributed by atoms with Crippen LogP contribution in [0, 0.1) is 0 Å². The van der Waals surface area contributed by atoms with E-state index < -0.39 is 0 Å². The minimum Gasteiger partial charge on any atom is -0.316 e. The second kappa shape index (κ2) is 5.07. The zero-order valence-electron chi connectivity index (χ0n) is 9.19. The molecule has 3 nitrogen and oxygen atoms in total. The van der Waals surface area contributed by atoms with E-state index in [0.29, 0.717) is 6.42 Å². The van der Waals surface area contributed by atoms with Crippen molar-refractivity contribution >= 4 is 33.3 Å². The van der Waals surface area contributed by atoms with Crippen molar-refractivity contribution in [1.29, 1.82) is 0 Å². The molecule has 0 aliphatic heterocycles. The number of anilines is 1. The Morgan fingerprint density at radius 1 is 1.44 bits per heavy atom. The number of nitrogens with zero attached hydrogens (tertiary/aromatic N) is 1. The van der Waals surface area contributed by atoms with Crippen molar-refractivity contribution in [2.75, 3.05) is 5.32 Å². The molecule has 0 unspecified atom stereocenters. The van der Waals surface area contributed by atoms with Crippen LogP contribution < -0.4 is 5.32 Å². The molecular formula is C12H14N2OS. The molecule has 84 valence electrons. The molecule has 1 heterocycles. The lowest BCUT2D eigenvalue weighted by molar-refractivity contribution is -0.116. The van der Waals surface area contributed by atoms with E-state index in [0.717, 1.165) is 28.7 Å². The van der Waals surface area contributed by atoms with E-state index in [4.69, 9.17) is 0 Å². The number of amides is 1. The molecule has 2 aromatic rings. The number of carbonyl (C=O) groups excluding carboxylic acids is 1. The molecule has 0 radical (unpaired) electrons. The maximum atomic E-state index is 11.6. The summed E-state index contributed by atoms with van der Waals surface area (Å²) in [5.41, 5.74) is 0.943. The molecule has 0 aliphatic rings. The first-order valence-electron chi connectivity index (χ1n) is 5.45. The molecule has 1 N–H and O–H groups in total. The normalized spacial score (nSPS) is 10.6. The Bertz CT molecular complexity index is 492. The fraction of sp³-hybridized carbons (Fsp3) is 0.333. The van der Waals surface area contributed by atoms with Gasteiger partial charge < -0.3 is 5.32 Å². The summed E-state index contributed by atoms with van der Waals surface area (Å²) >= 11 is 1.34. The van der Waals surface area contributed by atoms with Gasteiger partial charge in [-0.05, 0) is 30.1 Å². The number of benzene rings is 1. The topological polar surface area (TPSA) is 42.0 Å². The van der Waals surface area contributed by atoms with Gasteiger partial charge in [-0.2, -0.15) is 4.37 Å². The van der Waals surface area contributed by atoms with E-state index in [1.54, 1.807) is 0 Å². The molecule has 0 bridgehead atoms. The smallest absolute Gasteiger partial charge is 0.225 e. The Kier molecular flexibility index (Phi) is 3.51. The number of fused-ring (bicyclic) bond motifs is 1. The lowest BCUT2D eigenvalue weighted by Crippen LogP contribution is -2.09. The van der Waals surface area contributed by atoms with Crippen LogP contribution in [0.1, 0.15) is 26.2 Å². The Hall–Kier alpha value is -1.42. The van der Waals surface area contributed by atoms with E-state index in [1.807, 2.05) is 24.3 Å². The Morgan fingerprint density at radius 2 is 2.25 bits per heavy atom. The van der Waals surface area contributed by atoms with Crippen molar-refractivity contribution in [3.05, 3.63) is 24.3 Å². The van der Waals surface area contributed by atoms with Gasteiger partial charge in [0.15, 0.2) is 0 Å². The third-order valence-corrected chi connectivity index (χ3v) is 3.19. The van der Waals surface area contributed by atoms with Gasteiger partial charge in [-0.15, -0.1) is 0 Å².